The molecule has 1 fully saturated rings. The lowest BCUT2D eigenvalue weighted by Gasteiger charge is -2.35. The highest BCUT2D eigenvalue weighted by Gasteiger charge is 2.22. The van der Waals surface area contributed by atoms with Crippen molar-refractivity contribution in [1.82, 2.24) is 39.6 Å². The summed E-state index contributed by atoms with van der Waals surface area (Å²) in [6.45, 7) is 17.5. The number of aryl methyl sites for hydroxylation is 2. The van der Waals surface area contributed by atoms with Gasteiger partial charge in [-0.25, -0.2) is 4.68 Å². The highest BCUT2D eigenvalue weighted by atomic mass is 16.2. The van der Waals surface area contributed by atoms with Crippen molar-refractivity contribution >= 4 is 17.3 Å². The van der Waals surface area contributed by atoms with E-state index >= 15 is 0 Å². The van der Waals surface area contributed by atoms with Crippen LogP contribution in [0.5, 0.6) is 0 Å². The van der Waals surface area contributed by atoms with Gasteiger partial charge < -0.3 is 15.1 Å². The predicted molar refractivity (Wildman–Crippen MR) is 156 cm³/mol. The SMILES string of the molecule is CCc1cc(C(=O)Nc2cnc(C)c(-n3cc(-c4cncc(N5CCN(CC)CC5)c4)nn3)c2)nn1C(C)(C)C. The molecular formula is C29H38N10O. The number of likely N-dealkylation sites (N-methyl/N-ethyl adjacent to an activating group) is 1. The molecule has 0 bridgehead atoms. The minimum Gasteiger partial charge on any atom is -0.368 e. The van der Waals surface area contributed by atoms with Crippen molar-refractivity contribution in [2.45, 2.75) is 53.5 Å². The number of carbonyl (C=O) groups excluding carboxylic acids is 1. The average molecular weight is 543 g/mol. The minimum absolute atomic E-state index is 0.216. The predicted octanol–water partition coefficient (Wildman–Crippen LogP) is 3.94. The molecule has 5 rings (SSSR count). The smallest absolute Gasteiger partial charge is 0.276 e. The summed E-state index contributed by atoms with van der Waals surface area (Å²) in [5, 5.41) is 16.3. The van der Waals surface area contributed by atoms with E-state index in [1.165, 1.54) is 0 Å². The summed E-state index contributed by atoms with van der Waals surface area (Å²) in [5.74, 6) is -0.281. The Hall–Kier alpha value is -4.12. The van der Waals surface area contributed by atoms with Crippen LogP contribution in [-0.2, 0) is 12.0 Å². The Morgan fingerprint density at radius 3 is 2.48 bits per heavy atom. The first kappa shape index (κ1) is 27.4. The van der Waals surface area contributed by atoms with Gasteiger partial charge in [0.05, 0.1) is 46.9 Å². The molecule has 1 N–H and O–H groups in total. The van der Waals surface area contributed by atoms with Crippen molar-refractivity contribution in [1.29, 1.82) is 0 Å². The Morgan fingerprint density at radius 2 is 1.80 bits per heavy atom. The number of rotatable bonds is 7. The zero-order valence-electron chi connectivity index (χ0n) is 24.2. The third-order valence-electron chi connectivity index (χ3n) is 7.28. The van der Waals surface area contributed by atoms with Crippen molar-refractivity contribution < 1.29 is 4.79 Å². The quantitative estimate of drug-likeness (QED) is 0.374. The van der Waals surface area contributed by atoms with Gasteiger partial charge in [-0.15, -0.1) is 5.10 Å². The number of nitrogens with zero attached hydrogens (tertiary/aromatic N) is 9. The molecule has 0 aliphatic carbocycles. The van der Waals surface area contributed by atoms with Gasteiger partial charge in [0.2, 0.25) is 0 Å². The summed E-state index contributed by atoms with van der Waals surface area (Å²) < 4.78 is 3.59. The van der Waals surface area contributed by atoms with Crippen LogP contribution in [0, 0.1) is 6.92 Å². The second-order valence-corrected chi connectivity index (χ2v) is 11.1. The number of hydrogen-bond acceptors (Lipinski definition) is 8. The largest absolute Gasteiger partial charge is 0.368 e. The van der Waals surface area contributed by atoms with Gasteiger partial charge in [-0.3, -0.25) is 19.4 Å². The number of carbonyl (C=O) groups is 1. The molecule has 0 unspecified atom stereocenters. The van der Waals surface area contributed by atoms with E-state index in [1.54, 1.807) is 10.9 Å². The van der Waals surface area contributed by atoms with E-state index in [-0.39, 0.29) is 11.4 Å². The molecule has 0 aromatic carbocycles. The van der Waals surface area contributed by atoms with Crippen LogP contribution in [0.4, 0.5) is 11.4 Å². The Kier molecular flexibility index (Phi) is 7.66. The molecule has 0 atom stereocenters. The summed E-state index contributed by atoms with van der Waals surface area (Å²) in [5.41, 5.74) is 5.93. The maximum atomic E-state index is 13.1. The normalized spacial score (nSPS) is 14.5. The van der Waals surface area contributed by atoms with Crippen LogP contribution in [0.3, 0.4) is 0 Å². The summed E-state index contributed by atoms with van der Waals surface area (Å²) in [7, 11) is 0. The number of pyridine rings is 2. The Morgan fingerprint density at radius 1 is 1.02 bits per heavy atom. The molecule has 1 amide bonds. The van der Waals surface area contributed by atoms with Gasteiger partial charge in [-0.05, 0) is 58.9 Å². The van der Waals surface area contributed by atoms with Gasteiger partial charge in [0.15, 0.2) is 5.69 Å². The maximum Gasteiger partial charge on any atom is 0.276 e. The molecule has 11 nitrogen and oxygen atoms in total. The number of nitrogens with one attached hydrogen (secondary N) is 1. The zero-order valence-corrected chi connectivity index (χ0v) is 24.2. The third kappa shape index (κ3) is 5.74. The lowest BCUT2D eigenvalue weighted by molar-refractivity contribution is 0.102. The first-order chi connectivity index (χ1) is 19.2. The molecule has 40 heavy (non-hydrogen) atoms. The molecule has 1 saturated heterocycles. The number of aromatic nitrogens is 7. The zero-order chi connectivity index (χ0) is 28.4. The van der Waals surface area contributed by atoms with Crippen LogP contribution in [0.15, 0.2) is 43.0 Å². The van der Waals surface area contributed by atoms with E-state index in [4.69, 9.17) is 0 Å². The number of anilines is 2. The summed E-state index contributed by atoms with van der Waals surface area (Å²) in [4.78, 5) is 26.9. The molecule has 4 aromatic heterocycles. The molecule has 210 valence electrons. The minimum atomic E-state index is -0.281. The average Bonchev–Trinajstić information content (AvgIpc) is 3.62. The van der Waals surface area contributed by atoms with E-state index in [2.05, 4.69) is 81.2 Å². The summed E-state index contributed by atoms with van der Waals surface area (Å²) in [6.07, 6.45) is 8.01. The van der Waals surface area contributed by atoms with Crippen LogP contribution < -0.4 is 10.2 Å². The molecule has 5 heterocycles. The maximum absolute atomic E-state index is 13.1. The van der Waals surface area contributed by atoms with Gasteiger partial charge in [0.1, 0.15) is 5.69 Å². The van der Waals surface area contributed by atoms with Crippen LogP contribution in [0.25, 0.3) is 16.9 Å². The van der Waals surface area contributed by atoms with Crippen LogP contribution in [0.2, 0.25) is 0 Å². The van der Waals surface area contributed by atoms with E-state index in [0.717, 1.165) is 73.2 Å². The second-order valence-electron chi connectivity index (χ2n) is 11.1. The van der Waals surface area contributed by atoms with Gasteiger partial charge in [-0.1, -0.05) is 19.1 Å². The topological polar surface area (TPSA) is 110 Å². The summed E-state index contributed by atoms with van der Waals surface area (Å²) in [6, 6.07) is 5.81. The Balaban J connectivity index is 1.34. The van der Waals surface area contributed by atoms with Crippen molar-refractivity contribution in [3.63, 3.8) is 0 Å². The van der Waals surface area contributed by atoms with Gasteiger partial charge in [0, 0.05) is 43.6 Å². The van der Waals surface area contributed by atoms with E-state index in [0.29, 0.717) is 11.4 Å². The lowest BCUT2D eigenvalue weighted by atomic mass is 10.1. The summed E-state index contributed by atoms with van der Waals surface area (Å²) >= 11 is 0. The van der Waals surface area contributed by atoms with Crippen molar-refractivity contribution in [3.8, 4) is 16.9 Å². The number of amides is 1. The van der Waals surface area contributed by atoms with E-state index in [9.17, 15) is 4.79 Å². The third-order valence-corrected chi connectivity index (χ3v) is 7.28. The fourth-order valence-corrected chi connectivity index (χ4v) is 4.96. The van der Waals surface area contributed by atoms with Crippen LogP contribution >= 0.6 is 0 Å². The molecule has 4 aromatic rings. The Bertz CT molecular complexity index is 1490. The second kappa shape index (κ2) is 11.2. The van der Waals surface area contributed by atoms with Gasteiger partial charge >= 0.3 is 0 Å². The lowest BCUT2D eigenvalue weighted by Crippen LogP contribution is -2.46. The van der Waals surface area contributed by atoms with Crippen molar-refractivity contribution in [3.05, 3.63) is 60.1 Å². The first-order valence-electron chi connectivity index (χ1n) is 13.9. The monoisotopic (exact) mass is 542 g/mol. The standard InChI is InChI=1S/C29H38N10O/c1-7-23-15-25(34-39(23)29(4,5)6)28(40)32-22-14-27(20(3)31-17-22)38-19-26(33-35-38)21-13-24(18-30-16-21)37-11-9-36(8-2)10-12-37/h13-19H,7-12H2,1-6H3,(H,32,40). The van der Waals surface area contributed by atoms with Gasteiger partial charge in [0.25, 0.3) is 5.91 Å². The Labute approximate surface area is 235 Å². The molecule has 0 radical (unpaired) electrons. The fourth-order valence-electron chi connectivity index (χ4n) is 4.96. The molecule has 11 heteroatoms. The van der Waals surface area contributed by atoms with Crippen LogP contribution in [-0.4, -0.2) is 78.3 Å². The first-order valence-corrected chi connectivity index (χ1v) is 13.9. The number of piperazine rings is 1. The molecule has 1 aliphatic rings. The molecule has 0 spiro atoms. The number of hydrogen-bond donors (Lipinski definition) is 1. The molecule has 0 saturated carbocycles. The van der Waals surface area contributed by atoms with Crippen molar-refractivity contribution in [2.75, 3.05) is 42.9 Å². The fraction of sp³-hybridized carbons (Fsp3) is 0.448. The highest BCUT2D eigenvalue weighted by molar-refractivity contribution is 6.03. The van der Waals surface area contributed by atoms with E-state index in [1.807, 2.05) is 42.3 Å². The van der Waals surface area contributed by atoms with Crippen LogP contribution in [0.1, 0.15) is 56.5 Å². The van der Waals surface area contributed by atoms with Crippen molar-refractivity contribution in [2.24, 2.45) is 0 Å². The molecular weight excluding hydrogens is 504 g/mol. The van der Waals surface area contributed by atoms with Gasteiger partial charge in [-0.2, -0.15) is 5.10 Å². The van der Waals surface area contributed by atoms with E-state index < -0.39 is 0 Å². The highest BCUT2D eigenvalue weighted by Crippen LogP contribution is 2.25. The molecule has 1 aliphatic heterocycles.